The Kier molecular flexibility index (Phi) is 4.27. The number of oxazole rings is 1. The molecule has 0 aliphatic carbocycles. The van der Waals surface area contributed by atoms with Crippen LogP contribution in [0.15, 0.2) is 46.9 Å². The lowest BCUT2D eigenvalue weighted by Crippen LogP contribution is -2.28. The Morgan fingerprint density at radius 1 is 1.26 bits per heavy atom. The van der Waals surface area contributed by atoms with E-state index in [0.717, 1.165) is 5.69 Å². The molecule has 1 N–H and O–H groups in total. The highest BCUT2D eigenvalue weighted by atomic mass is 16.5. The van der Waals surface area contributed by atoms with Gasteiger partial charge in [-0.2, -0.15) is 0 Å². The summed E-state index contributed by atoms with van der Waals surface area (Å²) in [6.45, 7) is 2.11. The molecule has 2 amide bonds. The van der Waals surface area contributed by atoms with E-state index >= 15 is 0 Å². The average molecular weight is 365 g/mol. The first-order valence-electron chi connectivity index (χ1n) is 8.66. The van der Waals surface area contributed by atoms with Crippen molar-refractivity contribution in [3.63, 3.8) is 0 Å². The lowest BCUT2D eigenvalue weighted by molar-refractivity contribution is -0.122. The van der Waals surface area contributed by atoms with Crippen LogP contribution in [0.1, 0.15) is 12.3 Å². The number of rotatable bonds is 4. The number of nitrogens with zero attached hydrogens (tertiary/aromatic N) is 2. The molecule has 2 aromatic carbocycles. The maximum Gasteiger partial charge on any atom is 0.229 e. The molecular weight excluding hydrogens is 346 g/mol. The van der Waals surface area contributed by atoms with Gasteiger partial charge < -0.3 is 19.4 Å². The molecule has 0 spiro atoms. The van der Waals surface area contributed by atoms with Crippen molar-refractivity contribution in [3.05, 3.63) is 48.4 Å². The molecule has 0 radical (unpaired) electrons. The zero-order chi connectivity index (χ0) is 19.0. The number of hydrogen-bond donors (Lipinski definition) is 1. The van der Waals surface area contributed by atoms with E-state index in [1.54, 1.807) is 49.3 Å². The number of nitrogens with one attached hydrogen (secondary N) is 1. The SMILES string of the molecule is COc1ccc(NC(=O)[C@@H]2CC(=O)N(c3ccc4oc(C)nc4c3)C2)cc1. The van der Waals surface area contributed by atoms with Gasteiger partial charge in [0, 0.05) is 31.3 Å². The number of benzene rings is 2. The van der Waals surface area contributed by atoms with Crippen LogP contribution in [0, 0.1) is 12.8 Å². The minimum absolute atomic E-state index is 0.0792. The van der Waals surface area contributed by atoms with E-state index in [9.17, 15) is 9.59 Å². The Morgan fingerprint density at radius 2 is 2.04 bits per heavy atom. The summed E-state index contributed by atoms with van der Waals surface area (Å²) >= 11 is 0. The minimum atomic E-state index is -0.408. The third-order valence-electron chi connectivity index (χ3n) is 4.64. The Bertz CT molecular complexity index is 1010. The minimum Gasteiger partial charge on any atom is -0.497 e. The maximum absolute atomic E-state index is 12.6. The van der Waals surface area contributed by atoms with E-state index in [0.29, 0.717) is 35.0 Å². The number of methoxy groups -OCH3 is 1. The number of hydrogen-bond acceptors (Lipinski definition) is 5. The molecule has 1 aliphatic heterocycles. The van der Waals surface area contributed by atoms with Crippen LogP contribution < -0.4 is 15.0 Å². The molecule has 7 heteroatoms. The molecule has 0 bridgehead atoms. The van der Waals surface area contributed by atoms with Gasteiger partial charge in [-0.1, -0.05) is 0 Å². The zero-order valence-electron chi connectivity index (χ0n) is 15.1. The van der Waals surface area contributed by atoms with Crippen LogP contribution in [0.4, 0.5) is 11.4 Å². The molecule has 1 saturated heterocycles. The van der Waals surface area contributed by atoms with Crippen LogP contribution >= 0.6 is 0 Å². The number of anilines is 2. The normalized spacial score (nSPS) is 16.7. The van der Waals surface area contributed by atoms with Gasteiger partial charge in [0.1, 0.15) is 11.3 Å². The molecular formula is C20H19N3O4. The van der Waals surface area contributed by atoms with Crippen molar-refractivity contribution in [1.82, 2.24) is 4.98 Å². The Balaban J connectivity index is 1.47. The van der Waals surface area contributed by atoms with Crippen molar-refractivity contribution >= 4 is 34.3 Å². The summed E-state index contributed by atoms with van der Waals surface area (Å²) in [5.41, 5.74) is 2.77. The van der Waals surface area contributed by atoms with Gasteiger partial charge in [-0.25, -0.2) is 4.98 Å². The van der Waals surface area contributed by atoms with E-state index < -0.39 is 5.92 Å². The molecule has 138 valence electrons. The topological polar surface area (TPSA) is 84.7 Å². The van der Waals surface area contributed by atoms with E-state index in [1.807, 2.05) is 12.1 Å². The second kappa shape index (κ2) is 6.75. The van der Waals surface area contributed by atoms with Crippen LogP contribution in [0.25, 0.3) is 11.1 Å². The van der Waals surface area contributed by atoms with E-state index in [-0.39, 0.29) is 18.2 Å². The van der Waals surface area contributed by atoms with E-state index in [1.165, 1.54) is 0 Å². The molecule has 1 aromatic heterocycles. The predicted molar refractivity (Wildman–Crippen MR) is 101 cm³/mol. The van der Waals surface area contributed by atoms with Gasteiger partial charge in [-0.15, -0.1) is 0 Å². The molecule has 0 unspecified atom stereocenters. The third-order valence-corrected chi connectivity index (χ3v) is 4.64. The second-order valence-corrected chi connectivity index (χ2v) is 6.51. The number of fused-ring (bicyclic) bond motifs is 1. The van der Waals surface area contributed by atoms with Gasteiger partial charge in [0.05, 0.1) is 13.0 Å². The highest BCUT2D eigenvalue weighted by Crippen LogP contribution is 2.29. The molecule has 27 heavy (non-hydrogen) atoms. The van der Waals surface area contributed by atoms with Crippen molar-refractivity contribution < 1.29 is 18.7 Å². The van der Waals surface area contributed by atoms with Crippen molar-refractivity contribution in [2.75, 3.05) is 23.9 Å². The Morgan fingerprint density at radius 3 is 2.78 bits per heavy atom. The van der Waals surface area contributed by atoms with Crippen molar-refractivity contribution in [1.29, 1.82) is 0 Å². The molecule has 4 rings (SSSR count). The molecule has 1 atom stereocenters. The van der Waals surface area contributed by atoms with Gasteiger partial charge in [0.15, 0.2) is 11.5 Å². The summed E-state index contributed by atoms with van der Waals surface area (Å²) in [5, 5.41) is 2.86. The van der Waals surface area contributed by atoms with Crippen LogP contribution in [-0.4, -0.2) is 30.5 Å². The van der Waals surface area contributed by atoms with Crippen LogP contribution in [0.3, 0.4) is 0 Å². The summed E-state index contributed by atoms with van der Waals surface area (Å²) < 4.78 is 10.6. The fourth-order valence-electron chi connectivity index (χ4n) is 3.25. The van der Waals surface area contributed by atoms with Crippen molar-refractivity contribution in [3.8, 4) is 5.75 Å². The summed E-state index contributed by atoms with van der Waals surface area (Å²) in [6, 6.07) is 12.5. The molecule has 1 aliphatic rings. The highest BCUT2D eigenvalue weighted by Gasteiger charge is 2.35. The van der Waals surface area contributed by atoms with Crippen LogP contribution in [0.5, 0.6) is 5.75 Å². The maximum atomic E-state index is 12.6. The smallest absolute Gasteiger partial charge is 0.229 e. The number of aryl methyl sites for hydroxylation is 1. The summed E-state index contributed by atoms with van der Waals surface area (Å²) in [7, 11) is 1.59. The molecule has 3 aromatic rings. The first-order valence-corrected chi connectivity index (χ1v) is 8.66. The van der Waals surface area contributed by atoms with Gasteiger partial charge in [-0.05, 0) is 42.5 Å². The van der Waals surface area contributed by atoms with E-state index in [2.05, 4.69) is 10.3 Å². The second-order valence-electron chi connectivity index (χ2n) is 6.51. The predicted octanol–water partition coefficient (Wildman–Crippen LogP) is 3.14. The number of carbonyl (C=O) groups is 2. The van der Waals surface area contributed by atoms with Crippen molar-refractivity contribution in [2.24, 2.45) is 5.92 Å². The summed E-state index contributed by atoms with van der Waals surface area (Å²) in [4.78, 5) is 30.9. The standard InChI is InChI=1S/C20H19N3O4/c1-12-21-17-10-15(5-8-18(17)27-12)23-11-13(9-19(23)24)20(25)22-14-3-6-16(26-2)7-4-14/h3-8,10,13H,9,11H2,1-2H3,(H,22,25)/t13-/m1/s1. The van der Waals surface area contributed by atoms with Gasteiger partial charge in [-0.3, -0.25) is 9.59 Å². The lowest BCUT2D eigenvalue weighted by atomic mass is 10.1. The molecule has 2 heterocycles. The lowest BCUT2D eigenvalue weighted by Gasteiger charge is -2.16. The Hall–Kier alpha value is -3.35. The van der Waals surface area contributed by atoms with Crippen LogP contribution in [-0.2, 0) is 9.59 Å². The largest absolute Gasteiger partial charge is 0.497 e. The summed E-state index contributed by atoms with van der Waals surface area (Å²) in [6.07, 6.45) is 0.178. The average Bonchev–Trinajstić information content (AvgIpc) is 3.23. The third kappa shape index (κ3) is 3.36. The Labute approximate surface area is 155 Å². The molecule has 0 saturated carbocycles. The van der Waals surface area contributed by atoms with E-state index in [4.69, 9.17) is 9.15 Å². The fourth-order valence-corrected chi connectivity index (χ4v) is 3.25. The molecule has 7 nitrogen and oxygen atoms in total. The number of carbonyl (C=O) groups excluding carboxylic acids is 2. The number of amides is 2. The highest BCUT2D eigenvalue weighted by molar-refractivity contribution is 6.04. The quantitative estimate of drug-likeness (QED) is 0.768. The first kappa shape index (κ1) is 17.1. The van der Waals surface area contributed by atoms with Gasteiger partial charge in [0.25, 0.3) is 0 Å². The number of aromatic nitrogens is 1. The van der Waals surface area contributed by atoms with Crippen LogP contribution in [0.2, 0.25) is 0 Å². The monoisotopic (exact) mass is 365 g/mol. The zero-order valence-corrected chi connectivity index (χ0v) is 15.1. The fraction of sp³-hybridized carbons (Fsp3) is 0.250. The van der Waals surface area contributed by atoms with Gasteiger partial charge >= 0.3 is 0 Å². The van der Waals surface area contributed by atoms with Gasteiger partial charge in [0.2, 0.25) is 11.8 Å². The molecule has 1 fully saturated rings. The number of ether oxygens (including phenoxy) is 1. The first-order chi connectivity index (χ1) is 13.0. The van der Waals surface area contributed by atoms with Crippen molar-refractivity contribution in [2.45, 2.75) is 13.3 Å². The summed E-state index contributed by atoms with van der Waals surface area (Å²) in [5.74, 6) is 0.633.